The van der Waals surface area contributed by atoms with Crippen molar-refractivity contribution in [3.05, 3.63) is 0 Å². The Morgan fingerprint density at radius 2 is 2.04 bits per heavy atom. The smallest absolute Gasteiger partial charge is 0.326 e. The predicted octanol–water partition coefficient (Wildman–Crippen LogP) is 0.930. The van der Waals surface area contributed by atoms with E-state index >= 15 is 0 Å². The lowest BCUT2D eigenvalue weighted by atomic mass is 9.91. The summed E-state index contributed by atoms with van der Waals surface area (Å²) in [5, 5.41) is 11.7. The molecule has 8 heteroatoms. The van der Waals surface area contributed by atoms with Gasteiger partial charge in [-0.1, -0.05) is 20.8 Å². The van der Waals surface area contributed by atoms with E-state index in [1.807, 2.05) is 20.8 Å². The second-order valence-corrected chi connectivity index (χ2v) is 7.80. The molecule has 0 aliphatic carbocycles. The Bertz CT molecular complexity index is 450. The number of methoxy groups -OCH3 is 1. The Kier molecular flexibility index (Phi) is 7.34. The average Bonchev–Trinajstić information content (AvgIpc) is 2.90. The van der Waals surface area contributed by atoms with Crippen LogP contribution in [0.2, 0.25) is 0 Å². The number of aliphatic carboxylic acids is 1. The maximum absolute atomic E-state index is 12.4. The Hall–Kier alpha value is -1.28. The molecular formula is C15H26N2O5S. The highest BCUT2D eigenvalue weighted by molar-refractivity contribution is 7.99. The van der Waals surface area contributed by atoms with Crippen LogP contribution in [0.1, 0.15) is 33.6 Å². The fourth-order valence-corrected chi connectivity index (χ4v) is 3.40. The van der Waals surface area contributed by atoms with Gasteiger partial charge in [-0.05, 0) is 5.41 Å². The first-order chi connectivity index (χ1) is 10.7. The highest BCUT2D eigenvalue weighted by atomic mass is 32.2. The van der Waals surface area contributed by atoms with Crippen LogP contribution in [0.5, 0.6) is 0 Å². The van der Waals surface area contributed by atoms with Crippen molar-refractivity contribution in [2.24, 2.45) is 5.41 Å². The zero-order valence-corrected chi connectivity index (χ0v) is 14.9. The van der Waals surface area contributed by atoms with Crippen molar-refractivity contribution in [1.82, 2.24) is 10.2 Å². The molecule has 1 aliphatic rings. The second kappa shape index (κ2) is 8.54. The molecule has 1 saturated heterocycles. The van der Waals surface area contributed by atoms with Crippen LogP contribution in [0.15, 0.2) is 0 Å². The lowest BCUT2D eigenvalue weighted by Gasteiger charge is -2.27. The van der Waals surface area contributed by atoms with E-state index in [0.29, 0.717) is 18.1 Å². The van der Waals surface area contributed by atoms with Gasteiger partial charge in [-0.15, -0.1) is 11.8 Å². The number of carboxylic acid groups (broad SMARTS) is 1. The Morgan fingerprint density at radius 3 is 2.57 bits per heavy atom. The van der Waals surface area contributed by atoms with Crippen molar-refractivity contribution in [3.63, 3.8) is 0 Å². The molecule has 0 aromatic carbocycles. The molecule has 1 rings (SSSR count). The quantitative estimate of drug-likeness (QED) is 0.712. The van der Waals surface area contributed by atoms with Crippen LogP contribution in [0.3, 0.4) is 0 Å². The molecule has 0 bridgehead atoms. The van der Waals surface area contributed by atoms with Crippen LogP contribution in [-0.2, 0) is 19.1 Å². The molecule has 2 N–H and O–H groups in total. The van der Waals surface area contributed by atoms with E-state index in [9.17, 15) is 14.4 Å². The molecule has 23 heavy (non-hydrogen) atoms. The molecule has 2 atom stereocenters. The van der Waals surface area contributed by atoms with E-state index in [0.717, 1.165) is 0 Å². The Labute approximate surface area is 141 Å². The van der Waals surface area contributed by atoms with Crippen molar-refractivity contribution < 1.29 is 24.2 Å². The van der Waals surface area contributed by atoms with Gasteiger partial charge >= 0.3 is 5.97 Å². The van der Waals surface area contributed by atoms with Gasteiger partial charge in [0, 0.05) is 32.3 Å². The zero-order valence-electron chi connectivity index (χ0n) is 14.1. The van der Waals surface area contributed by atoms with Crippen LogP contribution < -0.4 is 5.32 Å². The number of hydrogen-bond acceptors (Lipinski definition) is 5. The lowest BCUT2D eigenvalue weighted by molar-refractivity contribution is -0.144. The first-order valence-electron chi connectivity index (χ1n) is 7.55. The number of thioether (sulfide) groups is 1. The number of amides is 2. The summed E-state index contributed by atoms with van der Waals surface area (Å²) in [6, 6.07) is -1.62. The maximum Gasteiger partial charge on any atom is 0.326 e. The van der Waals surface area contributed by atoms with E-state index in [4.69, 9.17) is 9.84 Å². The predicted molar refractivity (Wildman–Crippen MR) is 88.1 cm³/mol. The third-order valence-electron chi connectivity index (χ3n) is 3.41. The first-order valence-corrected chi connectivity index (χ1v) is 8.70. The number of ether oxygens (including phenoxy) is 1. The summed E-state index contributed by atoms with van der Waals surface area (Å²) in [4.78, 5) is 37.5. The first kappa shape index (κ1) is 19.8. The summed E-state index contributed by atoms with van der Waals surface area (Å²) < 4.78 is 4.86. The van der Waals surface area contributed by atoms with Gasteiger partial charge in [0.2, 0.25) is 11.8 Å². The minimum absolute atomic E-state index is 0.0774. The number of carbonyl (C=O) groups excluding carboxylic acids is 2. The second-order valence-electron chi connectivity index (χ2n) is 6.80. The van der Waals surface area contributed by atoms with Gasteiger partial charge in [0.05, 0.1) is 5.88 Å². The molecule has 1 fully saturated rings. The molecule has 132 valence electrons. The molecule has 0 radical (unpaired) electrons. The molecule has 1 heterocycles. The van der Waals surface area contributed by atoms with Crippen molar-refractivity contribution >= 4 is 29.5 Å². The number of nitrogens with zero attached hydrogens (tertiary/aromatic N) is 1. The number of carboxylic acids is 1. The van der Waals surface area contributed by atoms with E-state index in [1.54, 1.807) is 4.90 Å². The van der Waals surface area contributed by atoms with Crippen LogP contribution in [-0.4, -0.2) is 65.2 Å². The van der Waals surface area contributed by atoms with Gasteiger partial charge in [0.25, 0.3) is 0 Å². The van der Waals surface area contributed by atoms with Gasteiger partial charge in [0.15, 0.2) is 0 Å². The number of carbonyl (C=O) groups is 3. The van der Waals surface area contributed by atoms with Crippen molar-refractivity contribution in [1.29, 1.82) is 0 Å². The molecule has 0 aromatic heterocycles. The van der Waals surface area contributed by atoms with Gasteiger partial charge in [0.1, 0.15) is 12.1 Å². The number of nitrogens with one attached hydrogen (secondary N) is 1. The summed E-state index contributed by atoms with van der Waals surface area (Å²) >= 11 is 1.50. The molecular weight excluding hydrogens is 320 g/mol. The third-order valence-corrected chi connectivity index (χ3v) is 4.42. The van der Waals surface area contributed by atoms with Crippen molar-refractivity contribution in [2.75, 3.05) is 25.3 Å². The van der Waals surface area contributed by atoms with E-state index in [1.165, 1.54) is 18.9 Å². The van der Waals surface area contributed by atoms with Crippen LogP contribution >= 0.6 is 11.8 Å². The molecule has 2 amide bonds. The highest BCUT2D eigenvalue weighted by Crippen LogP contribution is 2.26. The normalized spacial score (nSPS) is 19.5. The van der Waals surface area contributed by atoms with E-state index in [2.05, 4.69) is 5.32 Å². The Balaban J connectivity index is 2.69. The van der Waals surface area contributed by atoms with Crippen LogP contribution in [0.4, 0.5) is 0 Å². The third kappa shape index (κ3) is 6.39. The fraction of sp³-hybridized carbons (Fsp3) is 0.800. The molecule has 2 unspecified atom stereocenters. The summed E-state index contributed by atoms with van der Waals surface area (Å²) in [6.45, 7) is 6.14. The topological polar surface area (TPSA) is 95.9 Å². The Morgan fingerprint density at radius 1 is 1.39 bits per heavy atom. The fourth-order valence-electron chi connectivity index (χ4n) is 2.22. The van der Waals surface area contributed by atoms with Gasteiger partial charge in [-0.3, -0.25) is 9.59 Å². The van der Waals surface area contributed by atoms with E-state index in [-0.39, 0.29) is 24.3 Å². The molecule has 7 nitrogen and oxygen atoms in total. The van der Waals surface area contributed by atoms with Crippen molar-refractivity contribution in [3.8, 4) is 0 Å². The number of rotatable bonds is 7. The van der Waals surface area contributed by atoms with Crippen molar-refractivity contribution in [2.45, 2.75) is 45.7 Å². The SMILES string of the molecule is COCCC(NC(=O)C1CSCN1C(=O)CC(C)(C)C)C(=O)O. The summed E-state index contributed by atoms with van der Waals surface area (Å²) in [5.41, 5.74) is -0.159. The minimum Gasteiger partial charge on any atom is -0.480 e. The largest absolute Gasteiger partial charge is 0.480 e. The lowest BCUT2D eigenvalue weighted by Crippen LogP contribution is -2.52. The zero-order chi connectivity index (χ0) is 17.6. The van der Waals surface area contributed by atoms with Gasteiger partial charge in [-0.25, -0.2) is 4.79 Å². The minimum atomic E-state index is -1.10. The maximum atomic E-state index is 12.4. The summed E-state index contributed by atoms with van der Waals surface area (Å²) in [7, 11) is 1.47. The number of hydrogen-bond donors (Lipinski definition) is 2. The molecule has 0 saturated carbocycles. The molecule has 0 aromatic rings. The standard InChI is InChI=1S/C15H26N2O5S/c1-15(2,3)7-12(18)17-9-23-8-11(17)13(19)16-10(14(20)21)5-6-22-4/h10-11H,5-9H2,1-4H3,(H,16,19)(H,20,21). The highest BCUT2D eigenvalue weighted by Gasteiger charge is 2.37. The average molecular weight is 346 g/mol. The van der Waals surface area contributed by atoms with E-state index < -0.39 is 24.0 Å². The molecule has 1 aliphatic heterocycles. The van der Waals surface area contributed by atoms with Gasteiger partial charge < -0.3 is 20.1 Å². The van der Waals surface area contributed by atoms with Gasteiger partial charge in [-0.2, -0.15) is 0 Å². The molecule has 0 spiro atoms. The summed E-state index contributed by atoms with van der Waals surface area (Å²) in [5.74, 6) is -0.651. The monoisotopic (exact) mass is 346 g/mol. The van der Waals surface area contributed by atoms with Crippen LogP contribution in [0, 0.1) is 5.41 Å². The summed E-state index contributed by atoms with van der Waals surface area (Å²) in [6.07, 6.45) is 0.538. The van der Waals surface area contributed by atoms with Crippen LogP contribution in [0.25, 0.3) is 0 Å².